The summed E-state index contributed by atoms with van der Waals surface area (Å²) in [6.45, 7) is 0. The highest BCUT2D eigenvalue weighted by atomic mass is 16.5. The van der Waals surface area contributed by atoms with Crippen molar-refractivity contribution < 1.29 is 18.7 Å². The van der Waals surface area contributed by atoms with Crippen molar-refractivity contribution in [2.24, 2.45) is 0 Å². The lowest BCUT2D eigenvalue weighted by molar-refractivity contribution is 0.0560. The van der Waals surface area contributed by atoms with Crippen molar-refractivity contribution in [3.63, 3.8) is 0 Å². The first-order valence-electron chi connectivity index (χ1n) is 4.30. The highest BCUT2D eigenvalue weighted by molar-refractivity contribution is 5.94. The molecule has 0 amide bonds. The Kier molecular flexibility index (Phi) is 2.07. The minimum absolute atomic E-state index is 0.0266. The van der Waals surface area contributed by atoms with Crippen LogP contribution in [-0.4, -0.2) is 24.3 Å². The van der Waals surface area contributed by atoms with Gasteiger partial charge in [-0.3, -0.25) is 4.79 Å². The number of carbonyl (C=O) groups excluding carboxylic acids is 2. The van der Waals surface area contributed by atoms with E-state index in [0.717, 1.165) is 12.8 Å². The van der Waals surface area contributed by atoms with E-state index in [-0.39, 0.29) is 17.4 Å². The minimum Gasteiger partial charge on any atom is -0.463 e. The molecule has 1 heterocycles. The van der Waals surface area contributed by atoms with Gasteiger partial charge in [0.15, 0.2) is 17.9 Å². The van der Waals surface area contributed by atoms with Crippen LogP contribution < -0.4 is 0 Å². The predicted octanol–water partition coefficient (Wildman–Crippen LogP) is 1.15. The van der Waals surface area contributed by atoms with Crippen LogP contribution in [0.2, 0.25) is 0 Å². The van der Waals surface area contributed by atoms with Crippen LogP contribution in [0.25, 0.3) is 0 Å². The summed E-state index contributed by atoms with van der Waals surface area (Å²) in [7, 11) is 1.23. The van der Waals surface area contributed by atoms with Crippen molar-refractivity contribution >= 4 is 12.3 Å². The molecule has 1 saturated carbocycles. The summed E-state index contributed by atoms with van der Waals surface area (Å²) in [5.41, 5.74) is 0.0266. The van der Waals surface area contributed by atoms with E-state index < -0.39 is 5.97 Å². The predicted molar refractivity (Wildman–Crippen MR) is 45.2 cm³/mol. The van der Waals surface area contributed by atoms with Crippen molar-refractivity contribution in [3.8, 4) is 0 Å². The normalized spacial score (nSPS) is 15.2. The second kappa shape index (κ2) is 3.25. The number of hydrogen-bond acceptors (Lipinski definition) is 5. The summed E-state index contributed by atoms with van der Waals surface area (Å²) in [5, 5.41) is 0. The van der Waals surface area contributed by atoms with Crippen LogP contribution in [0, 0.1) is 0 Å². The number of oxazole rings is 1. The van der Waals surface area contributed by atoms with Crippen LogP contribution in [0.1, 0.15) is 45.7 Å². The highest BCUT2D eigenvalue weighted by Crippen LogP contribution is 2.39. The third-order valence-corrected chi connectivity index (χ3v) is 2.08. The first-order valence-corrected chi connectivity index (χ1v) is 4.30. The van der Waals surface area contributed by atoms with E-state index in [0.29, 0.717) is 12.2 Å². The Morgan fingerprint density at radius 3 is 2.86 bits per heavy atom. The number of rotatable bonds is 3. The second-order valence-corrected chi connectivity index (χ2v) is 3.15. The molecule has 2 rings (SSSR count). The first kappa shape index (κ1) is 8.93. The molecular weight excluding hydrogens is 186 g/mol. The van der Waals surface area contributed by atoms with Gasteiger partial charge >= 0.3 is 5.97 Å². The minimum atomic E-state index is -0.661. The van der Waals surface area contributed by atoms with Gasteiger partial charge in [0.2, 0.25) is 5.76 Å². The molecule has 74 valence electrons. The Labute approximate surface area is 80.1 Å². The molecule has 0 N–H and O–H groups in total. The van der Waals surface area contributed by atoms with Crippen LogP contribution in [-0.2, 0) is 4.74 Å². The molecule has 1 aliphatic rings. The fraction of sp³-hybridized carbons (Fsp3) is 0.444. The Bertz CT molecular complexity index is 378. The van der Waals surface area contributed by atoms with Gasteiger partial charge < -0.3 is 9.15 Å². The summed E-state index contributed by atoms with van der Waals surface area (Å²) in [4.78, 5) is 25.6. The zero-order valence-corrected chi connectivity index (χ0v) is 7.65. The SMILES string of the molecule is COC(=O)c1oc(C2CC2)nc1C=O. The van der Waals surface area contributed by atoms with Crippen molar-refractivity contribution in [1.82, 2.24) is 4.98 Å². The standard InChI is InChI=1S/C9H9NO4/c1-13-9(12)7-6(4-11)10-8(14-7)5-2-3-5/h4-5H,2-3H2,1H3. The van der Waals surface area contributed by atoms with Gasteiger partial charge in [-0.2, -0.15) is 0 Å². The molecule has 0 atom stereocenters. The van der Waals surface area contributed by atoms with Crippen molar-refractivity contribution in [1.29, 1.82) is 0 Å². The van der Waals surface area contributed by atoms with Crippen molar-refractivity contribution in [2.75, 3.05) is 7.11 Å². The summed E-state index contributed by atoms with van der Waals surface area (Å²) >= 11 is 0. The molecule has 1 aliphatic carbocycles. The number of ether oxygens (including phenoxy) is 1. The molecule has 5 heteroatoms. The number of esters is 1. The number of hydrogen-bond donors (Lipinski definition) is 0. The third kappa shape index (κ3) is 1.41. The highest BCUT2D eigenvalue weighted by Gasteiger charge is 2.31. The van der Waals surface area contributed by atoms with Gasteiger partial charge in [0.05, 0.1) is 7.11 Å². The Morgan fingerprint density at radius 2 is 2.36 bits per heavy atom. The van der Waals surface area contributed by atoms with Gasteiger partial charge in [-0.1, -0.05) is 0 Å². The van der Waals surface area contributed by atoms with Gasteiger partial charge in [-0.25, -0.2) is 9.78 Å². The van der Waals surface area contributed by atoms with Gasteiger partial charge in [0, 0.05) is 5.92 Å². The maximum atomic E-state index is 11.1. The average Bonchev–Trinajstić information content (AvgIpc) is 2.97. The van der Waals surface area contributed by atoms with Crippen molar-refractivity contribution in [3.05, 3.63) is 17.3 Å². The van der Waals surface area contributed by atoms with E-state index in [2.05, 4.69) is 9.72 Å². The van der Waals surface area contributed by atoms with Gasteiger partial charge in [-0.05, 0) is 12.8 Å². The van der Waals surface area contributed by atoms with E-state index in [4.69, 9.17) is 4.42 Å². The molecule has 0 spiro atoms. The van der Waals surface area contributed by atoms with Gasteiger partial charge in [0.1, 0.15) is 0 Å². The van der Waals surface area contributed by atoms with E-state index >= 15 is 0 Å². The van der Waals surface area contributed by atoms with Crippen LogP contribution in [0.15, 0.2) is 4.42 Å². The summed E-state index contributed by atoms with van der Waals surface area (Å²) in [5.74, 6) is -0.0180. The van der Waals surface area contributed by atoms with Crippen LogP contribution in [0.5, 0.6) is 0 Å². The number of methoxy groups -OCH3 is 1. The summed E-state index contributed by atoms with van der Waals surface area (Å²) in [6.07, 6.45) is 2.50. The smallest absolute Gasteiger partial charge is 0.376 e. The second-order valence-electron chi connectivity index (χ2n) is 3.15. The van der Waals surface area contributed by atoms with E-state index in [1.54, 1.807) is 0 Å². The fourth-order valence-electron chi connectivity index (χ4n) is 1.17. The molecule has 1 aromatic heterocycles. The molecule has 1 aromatic rings. The third-order valence-electron chi connectivity index (χ3n) is 2.08. The summed E-state index contributed by atoms with van der Waals surface area (Å²) in [6, 6.07) is 0. The molecule has 0 bridgehead atoms. The Balaban J connectivity index is 2.36. The molecule has 1 fully saturated rings. The summed E-state index contributed by atoms with van der Waals surface area (Å²) < 4.78 is 9.63. The largest absolute Gasteiger partial charge is 0.463 e. The zero-order valence-electron chi connectivity index (χ0n) is 7.65. The molecule has 0 saturated heterocycles. The van der Waals surface area contributed by atoms with E-state index in [1.807, 2.05) is 0 Å². The van der Waals surface area contributed by atoms with Gasteiger partial charge in [0.25, 0.3) is 0 Å². The maximum Gasteiger partial charge on any atom is 0.376 e. The maximum absolute atomic E-state index is 11.1. The van der Waals surface area contributed by atoms with Crippen LogP contribution >= 0.6 is 0 Å². The first-order chi connectivity index (χ1) is 6.76. The zero-order chi connectivity index (χ0) is 10.1. The molecular formula is C9H9NO4. The van der Waals surface area contributed by atoms with Crippen LogP contribution in [0.3, 0.4) is 0 Å². The molecule has 14 heavy (non-hydrogen) atoms. The van der Waals surface area contributed by atoms with Gasteiger partial charge in [-0.15, -0.1) is 0 Å². The monoisotopic (exact) mass is 195 g/mol. The molecule has 0 aromatic carbocycles. The van der Waals surface area contributed by atoms with Crippen LogP contribution in [0.4, 0.5) is 0 Å². The molecule has 0 radical (unpaired) electrons. The lowest BCUT2D eigenvalue weighted by Gasteiger charge is -1.92. The topological polar surface area (TPSA) is 69.4 Å². The van der Waals surface area contributed by atoms with E-state index in [9.17, 15) is 9.59 Å². The number of aromatic nitrogens is 1. The molecule has 0 unspecified atom stereocenters. The number of carbonyl (C=O) groups is 2. The Morgan fingerprint density at radius 1 is 1.64 bits per heavy atom. The lowest BCUT2D eigenvalue weighted by Crippen LogP contribution is -2.02. The lowest BCUT2D eigenvalue weighted by atomic mass is 10.4. The number of aldehydes is 1. The van der Waals surface area contributed by atoms with Crippen molar-refractivity contribution in [2.45, 2.75) is 18.8 Å². The molecule has 5 nitrogen and oxygen atoms in total. The Hall–Kier alpha value is -1.65. The fourth-order valence-corrected chi connectivity index (χ4v) is 1.17. The quantitative estimate of drug-likeness (QED) is 0.534. The van der Waals surface area contributed by atoms with E-state index in [1.165, 1.54) is 7.11 Å². The molecule has 0 aliphatic heterocycles. The average molecular weight is 195 g/mol. The number of nitrogens with zero attached hydrogens (tertiary/aromatic N) is 1.